The molecule has 0 aliphatic carbocycles. The maximum Gasteiger partial charge on any atom is 0.221 e. The van der Waals surface area contributed by atoms with Gasteiger partial charge in [0, 0.05) is 38.5 Å². The summed E-state index contributed by atoms with van der Waals surface area (Å²) in [5, 5.41) is 13.5. The van der Waals surface area contributed by atoms with Crippen LogP contribution in [-0.2, 0) is 34.6 Å². The maximum atomic E-state index is 13.4. The lowest BCUT2D eigenvalue weighted by Crippen LogP contribution is -2.69. The first-order valence-electron chi connectivity index (χ1n) is 16.5. The van der Waals surface area contributed by atoms with E-state index in [0.29, 0.717) is 17.0 Å². The van der Waals surface area contributed by atoms with Gasteiger partial charge in [-0.05, 0) is 121 Å². The van der Waals surface area contributed by atoms with Crippen LogP contribution in [0.5, 0.6) is 0 Å². The Morgan fingerprint density at radius 2 is 1.46 bits per heavy atom. The van der Waals surface area contributed by atoms with Crippen LogP contribution >= 0.6 is 22.9 Å². The number of benzene rings is 1. The maximum absolute atomic E-state index is 13.4. The molecule has 5 atom stereocenters. The largest absolute Gasteiger partial charge is 0.415 e. The molecule has 0 radical (unpaired) electrons. The number of thiophene rings is 1. The monoisotopic (exact) mass is 769 g/mol. The molecule has 1 fully saturated rings. The Balaban J connectivity index is 1.81. The molecule has 0 bridgehead atoms. The normalized spacial score (nSPS) is 24.2. The molecule has 0 spiro atoms. The Hall–Kier alpha value is -1.08. The Bertz CT molecular complexity index is 1540. The number of rotatable bonds is 13. The molecule has 1 N–H and O–H groups in total. The second-order valence-corrected chi connectivity index (χ2v) is 35.9. The summed E-state index contributed by atoms with van der Waals surface area (Å²) in [5.74, 6) is -2.39. The fourth-order valence-corrected chi connectivity index (χ4v) is 10.7. The van der Waals surface area contributed by atoms with Crippen LogP contribution in [0.15, 0.2) is 48.7 Å². The van der Waals surface area contributed by atoms with E-state index in [-0.39, 0.29) is 6.61 Å². The van der Waals surface area contributed by atoms with Crippen LogP contribution in [0.3, 0.4) is 0 Å². The lowest BCUT2D eigenvalue weighted by Gasteiger charge is -2.54. The SMILES string of the molecule is C[Si](C)(C)OC[C@H]1OC(O)(c2ccc(Cl)c(Cc3ccc(-c4ccc(F)nc4)s3)c2)[C@H](O[Si](C)(C)C)[C@@H](O[Si](C)(C)C)[C@@H]1O[Si](C)(C)C. The fraction of sp³-hybridized carbons (Fsp3) is 0.559. The van der Waals surface area contributed by atoms with Crippen molar-refractivity contribution in [2.75, 3.05) is 6.61 Å². The van der Waals surface area contributed by atoms with Gasteiger partial charge in [0.2, 0.25) is 11.7 Å². The van der Waals surface area contributed by atoms with Crippen LogP contribution in [0.25, 0.3) is 10.4 Å². The lowest BCUT2D eigenvalue weighted by molar-refractivity contribution is -0.348. The summed E-state index contributed by atoms with van der Waals surface area (Å²) in [6.07, 6.45) is -0.521. The van der Waals surface area contributed by atoms with E-state index in [1.54, 1.807) is 17.4 Å². The molecule has 14 heteroatoms. The Kier molecular flexibility index (Phi) is 12.3. The first kappa shape index (κ1) is 39.7. The van der Waals surface area contributed by atoms with Crippen molar-refractivity contribution >= 4 is 56.2 Å². The second kappa shape index (κ2) is 14.9. The van der Waals surface area contributed by atoms with E-state index in [1.807, 2.05) is 30.3 Å². The van der Waals surface area contributed by atoms with Gasteiger partial charge in [0.05, 0.1) is 6.61 Å². The third-order valence-electron chi connectivity index (χ3n) is 7.34. The lowest BCUT2D eigenvalue weighted by atomic mass is 9.87. The molecule has 3 aromatic rings. The molecule has 0 saturated carbocycles. The van der Waals surface area contributed by atoms with Crippen molar-refractivity contribution in [2.24, 2.45) is 0 Å². The summed E-state index contributed by atoms with van der Waals surface area (Å²) in [6.45, 7) is 25.9. The third kappa shape index (κ3) is 11.0. The van der Waals surface area contributed by atoms with E-state index < -0.39 is 69.4 Å². The molecule has 1 aromatic carbocycles. The number of hydrogen-bond acceptors (Lipinski definition) is 8. The van der Waals surface area contributed by atoms with Gasteiger partial charge in [0.1, 0.15) is 24.4 Å². The van der Waals surface area contributed by atoms with Crippen LogP contribution in [-0.4, -0.2) is 74.4 Å². The molecule has 7 nitrogen and oxygen atoms in total. The van der Waals surface area contributed by atoms with Gasteiger partial charge in [0.15, 0.2) is 33.3 Å². The van der Waals surface area contributed by atoms with Crippen molar-refractivity contribution in [3.05, 3.63) is 75.6 Å². The van der Waals surface area contributed by atoms with Crippen LogP contribution in [0.2, 0.25) is 83.6 Å². The topological polar surface area (TPSA) is 79.3 Å². The van der Waals surface area contributed by atoms with Crippen LogP contribution < -0.4 is 0 Å². The Morgan fingerprint density at radius 3 is 2.02 bits per heavy atom. The molecule has 48 heavy (non-hydrogen) atoms. The molecule has 0 amide bonds. The predicted molar refractivity (Wildman–Crippen MR) is 204 cm³/mol. The minimum Gasteiger partial charge on any atom is -0.415 e. The summed E-state index contributed by atoms with van der Waals surface area (Å²) in [4.78, 5) is 5.84. The minimum atomic E-state index is -2.29. The molecule has 1 saturated heterocycles. The minimum absolute atomic E-state index is 0.259. The van der Waals surface area contributed by atoms with E-state index in [1.165, 1.54) is 12.3 Å². The van der Waals surface area contributed by atoms with Crippen molar-refractivity contribution < 1.29 is 31.9 Å². The average molecular weight is 771 g/mol. The number of halogens is 2. The number of aromatic nitrogens is 1. The fourth-order valence-electron chi connectivity index (χ4n) is 5.55. The van der Waals surface area contributed by atoms with E-state index in [9.17, 15) is 9.50 Å². The molecule has 4 rings (SSSR count). The highest BCUT2D eigenvalue weighted by Crippen LogP contribution is 2.44. The number of aliphatic hydroxyl groups is 1. The molecule has 1 aliphatic rings. The van der Waals surface area contributed by atoms with Gasteiger partial charge in [-0.25, -0.2) is 4.98 Å². The van der Waals surface area contributed by atoms with E-state index >= 15 is 0 Å². The van der Waals surface area contributed by atoms with Crippen molar-refractivity contribution in [3.8, 4) is 10.4 Å². The highest BCUT2D eigenvalue weighted by Gasteiger charge is 2.59. The van der Waals surface area contributed by atoms with E-state index in [4.69, 9.17) is 34.0 Å². The standard InChI is InChI=1S/C34H53ClFNO6SSi4/c1-45(2,3)39-22-28-31(41-46(4,5)6)32(42-47(7,8)9)33(43-48(10,11)12)34(38,40-28)25-14-16-27(35)24(19-25)20-26-15-17-29(44-26)23-13-18-30(36)37-21-23/h13-19,21,28,31-33,38H,20,22H2,1-12H3/t28-,31-,32+,33-,34?/m1/s1. The number of nitrogens with zero attached hydrogens (tertiary/aromatic N) is 1. The van der Waals surface area contributed by atoms with E-state index in [2.05, 4.69) is 83.5 Å². The zero-order valence-corrected chi connectivity index (χ0v) is 36.0. The molecule has 3 heterocycles. The van der Waals surface area contributed by atoms with Gasteiger partial charge in [-0.2, -0.15) is 4.39 Å². The Morgan fingerprint density at radius 1 is 0.833 bits per heavy atom. The summed E-state index contributed by atoms with van der Waals surface area (Å²) in [7, 11) is -8.59. The van der Waals surface area contributed by atoms with Gasteiger partial charge < -0.3 is 27.5 Å². The third-order valence-corrected chi connectivity index (χ3v) is 12.8. The van der Waals surface area contributed by atoms with Crippen molar-refractivity contribution in [1.82, 2.24) is 4.98 Å². The van der Waals surface area contributed by atoms with Crippen LogP contribution in [0, 0.1) is 5.95 Å². The van der Waals surface area contributed by atoms with E-state index in [0.717, 1.165) is 20.9 Å². The highest BCUT2D eigenvalue weighted by molar-refractivity contribution is 7.15. The quantitative estimate of drug-likeness (QED) is 0.137. The number of hydrogen-bond donors (Lipinski definition) is 1. The van der Waals surface area contributed by atoms with Gasteiger partial charge >= 0.3 is 0 Å². The first-order chi connectivity index (χ1) is 21.9. The molecule has 266 valence electrons. The van der Waals surface area contributed by atoms with Gasteiger partial charge in [0.25, 0.3) is 0 Å². The summed E-state index contributed by atoms with van der Waals surface area (Å²) in [5.41, 5.74) is 2.22. The summed E-state index contributed by atoms with van der Waals surface area (Å²) < 4.78 is 47.5. The van der Waals surface area contributed by atoms with Gasteiger partial charge in [-0.1, -0.05) is 17.7 Å². The van der Waals surface area contributed by atoms with Crippen LogP contribution in [0.1, 0.15) is 16.0 Å². The van der Waals surface area contributed by atoms with Crippen LogP contribution in [0.4, 0.5) is 4.39 Å². The number of ether oxygens (including phenoxy) is 1. The molecule has 1 unspecified atom stereocenters. The molecule has 2 aromatic heterocycles. The molecular formula is C34H53ClFNO6SSi4. The van der Waals surface area contributed by atoms with Crippen molar-refractivity contribution in [1.29, 1.82) is 0 Å². The van der Waals surface area contributed by atoms with Crippen molar-refractivity contribution in [2.45, 2.75) is 115 Å². The first-order valence-corrected chi connectivity index (χ1v) is 31.3. The second-order valence-electron chi connectivity index (χ2n) is 16.4. The van der Waals surface area contributed by atoms with Gasteiger partial charge in [-0.15, -0.1) is 11.3 Å². The average Bonchev–Trinajstić information content (AvgIpc) is 3.39. The molecular weight excluding hydrogens is 717 g/mol. The summed E-state index contributed by atoms with van der Waals surface area (Å²) >= 11 is 8.40. The number of pyridine rings is 1. The highest BCUT2D eigenvalue weighted by atomic mass is 35.5. The predicted octanol–water partition coefficient (Wildman–Crippen LogP) is 9.25. The molecule has 1 aliphatic heterocycles. The van der Waals surface area contributed by atoms with Gasteiger partial charge in [-0.3, -0.25) is 0 Å². The zero-order chi connectivity index (χ0) is 35.9. The van der Waals surface area contributed by atoms with Crippen molar-refractivity contribution in [3.63, 3.8) is 0 Å². The summed E-state index contributed by atoms with van der Waals surface area (Å²) in [6, 6.07) is 12.7. The Labute approximate surface area is 299 Å². The zero-order valence-electron chi connectivity index (χ0n) is 30.4. The smallest absolute Gasteiger partial charge is 0.221 e.